The number of amides is 1. The Bertz CT molecular complexity index is 497. The summed E-state index contributed by atoms with van der Waals surface area (Å²) in [6.45, 7) is 4.21. The highest BCUT2D eigenvalue weighted by molar-refractivity contribution is 5.85. The Morgan fingerprint density at radius 1 is 1.62 bits per heavy atom. The van der Waals surface area contributed by atoms with Crippen molar-refractivity contribution in [1.82, 2.24) is 15.3 Å². The molecule has 21 heavy (non-hydrogen) atoms. The van der Waals surface area contributed by atoms with Gasteiger partial charge in [-0.1, -0.05) is 0 Å². The van der Waals surface area contributed by atoms with Crippen LogP contribution < -0.4 is 16.0 Å². The first-order valence-electron chi connectivity index (χ1n) is 6.92. The van der Waals surface area contributed by atoms with E-state index in [1.54, 1.807) is 13.1 Å². The predicted molar refractivity (Wildman–Crippen MR) is 77.8 cm³/mol. The Hall–Kier alpha value is -1.93. The minimum absolute atomic E-state index is 0.113. The Morgan fingerprint density at radius 3 is 3.14 bits per heavy atom. The zero-order valence-electron chi connectivity index (χ0n) is 12.3. The van der Waals surface area contributed by atoms with Gasteiger partial charge in [-0.3, -0.25) is 4.79 Å². The van der Waals surface area contributed by atoms with Crippen molar-refractivity contribution < 1.29 is 14.3 Å². The maximum Gasteiger partial charge on any atom is 0.244 e. The van der Waals surface area contributed by atoms with Crippen LogP contribution in [0.3, 0.4) is 0 Å². The first-order chi connectivity index (χ1) is 10.2. The van der Waals surface area contributed by atoms with E-state index in [2.05, 4.69) is 15.3 Å². The fourth-order valence-electron chi connectivity index (χ4n) is 2.17. The van der Waals surface area contributed by atoms with Crippen molar-refractivity contribution in [3.63, 3.8) is 0 Å². The number of nitrogens with two attached hydrogens (primary N) is 1. The summed E-state index contributed by atoms with van der Waals surface area (Å²) in [5.41, 5.74) is 5.83. The van der Waals surface area contributed by atoms with E-state index in [4.69, 9.17) is 15.2 Å². The topological polar surface area (TPSA) is 103 Å². The number of aromatic nitrogens is 2. The number of hydrogen-bond acceptors (Lipinski definition) is 7. The third-order valence-corrected chi connectivity index (χ3v) is 3.19. The van der Waals surface area contributed by atoms with Gasteiger partial charge in [-0.15, -0.1) is 0 Å². The molecule has 1 aromatic heterocycles. The van der Waals surface area contributed by atoms with Crippen molar-refractivity contribution in [2.45, 2.75) is 19.6 Å². The Labute approximate surface area is 123 Å². The number of carbonyl (C=O) groups is 1. The summed E-state index contributed by atoms with van der Waals surface area (Å²) < 4.78 is 10.7. The van der Waals surface area contributed by atoms with Crippen molar-refractivity contribution in [2.75, 3.05) is 44.0 Å². The third kappa shape index (κ3) is 3.79. The molecule has 116 valence electrons. The van der Waals surface area contributed by atoms with Gasteiger partial charge >= 0.3 is 0 Å². The van der Waals surface area contributed by atoms with Crippen LogP contribution in [0.1, 0.15) is 12.7 Å². The molecule has 0 bridgehead atoms. The molecule has 3 N–H and O–H groups in total. The molecule has 1 amide bonds. The van der Waals surface area contributed by atoms with Crippen LogP contribution in [-0.2, 0) is 20.9 Å². The van der Waals surface area contributed by atoms with E-state index >= 15 is 0 Å². The molecule has 1 aliphatic heterocycles. The summed E-state index contributed by atoms with van der Waals surface area (Å²) in [7, 11) is 1.60. The number of nitrogens with one attached hydrogen (secondary N) is 1. The van der Waals surface area contributed by atoms with Crippen LogP contribution >= 0.6 is 0 Å². The van der Waals surface area contributed by atoms with Gasteiger partial charge in [0.05, 0.1) is 13.2 Å². The summed E-state index contributed by atoms with van der Waals surface area (Å²) in [5.74, 6) is 1.37. The van der Waals surface area contributed by atoms with E-state index in [-0.39, 0.29) is 5.91 Å². The Morgan fingerprint density at radius 2 is 2.43 bits per heavy atom. The molecule has 2 heterocycles. The first-order valence-corrected chi connectivity index (χ1v) is 6.92. The van der Waals surface area contributed by atoms with Crippen LogP contribution in [-0.4, -0.2) is 55.3 Å². The second kappa shape index (κ2) is 7.19. The highest BCUT2D eigenvalue weighted by Gasteiger charge is 2.30. The number of likely N-dealkylation sites (N-methyl/N-ethyl adjacent to an activating group) is 1. The lowest BCUT2D eigenvalue weighted by molar-refractivity contribution is -0.124. The van der Waals surface area contributed by atoms with Crippen LogP contribution in [0.25, 0.3) is 0 Å². The van der Waals surface area contributed by atoms with Gasteiger partial charge in [0.25, 0.3) is 0 Å². The molecule has 1 fully saturated rings. The van der Waals surface area contributed by atoms with E-state index in [9.17, 15) is 4.79 Å². The van der Waals surface area contributed by atoms with Crippen molar-refractivity contribution in [1.29, 1.82) is 0 Å². The number of anilines is 2. The molecule has 1 atom stereocenters. The smallest absolute Gasteiger partial charge is 0.244 e. The zero-order chi connectivity index (χ0) is 15.2. The van der Waals surface area contributed by atoms with Gasteiger partial charge in [-0.05, 0) is 6.92 Å². The molecular formula is C13H21N5O3. The summed E-state index contributed by atoms with van der Waals surface area (Å²) in [6.07, 6.45) is 0. The summed E-state index contributed by atoms with van der Waals surface area (Å²) >= 11 is 0. The number of morpholine rings is 1. The molecule has 8 nitrogen and oxygen atoms in total. The minimum atomic E-state index is -0.419. The number of nitrogen functional groups attached to an aromatic ring is 1. The molecule has 0 aliphatic carbocycles. The van der Waals surface area contributed by atoms with Gasteiger partial charge in [-0.25, -0.2) is 9.97 Å². The largest absolute Gasteiger partial charge is 0.384 e. The highest BCUT2D eigenvalue weighted by atomic mass is 16.5. The molecule has 1 aliphatic rings. The predicted octanol–water partition coefficient (Wildman–Crippen LogP) is -0.453. The molecule has 0 spiro atoms. The van der Waals surface area contributed by atoms with Crippen LogP contribution in [0.4, 0.5) is 11.6 Å². The first kappa shape index (κ1) is 15.5. The van der Waals surface area contributed by atoms with Crippen LogP contribution in [0, 0.1) is 0 Å². The number of ether oxygens (including phenoxy) is 2. The van der Waals surface area contributed by atoms with Gasteiger partial charge in [0.1, 0.15) is 24.3 Å². The van der Waals surface area contributed by atoms with E-state index in [0.29, 0.717) is 50.4 Å². The van der Waals surface area contributed by atoms with Gasteiger partial charge in [0.2, 0.25) is 5.91 Å². The van der Waals surface area contributed by atoms with Crippen molar-refractivity contribution >= 4 is 17.5 Å². The van der Waals surface area contributed by atoms with Crippen molar-refractivity contribution in [3.05, 3.63) is 11.9 Å². The zero-order valence-corrected chi connectivity index (χ0v) is 12.3. The standard InChI is InChI=1S/C13H21N5O3/c1-3-20-8-11-16-10(14)6-12(17-11)18-4-5-21-7-9(18)13(19)15-2/h6,9H,3-5,7-8H2,1-2H3,(H,15,19)(H2,14,16,17). The molecule has 0 radical (unpaired) electrons. The highest BCUT2D eigenvalue weighted by Crippen LogP contribution is 2.20. The quantitative estimate of drug-likeness (QED) is 0.758. The van der Waals surface area contributed by atoms with Crippen molar-refractivity contribution in [2.24, 2.45) is 0 Å². The lowest BCUT2D eigenvalue weighted by Gasteiger charge is -2.35. The second-order valence-electron chi connectivity index (χ2n) is 4.60. The van der Waals surface area contributed by atoms with E-state index in [0.717, 1.165) is 0 Å². The number of nitrogens with zero attached hydrogens (tertiary/aromatic N) is 3. The molecule has 1 saturated heterocycles. The SMILES string of the molecule is CCOCc1nc(N)cc(N2CCOCC2C(=O)NC)n1. The van der Waals surface area contributed by atoms with Crippen molar-refractivity contribution in [3.8, 4) is 0 Å². The van der Waals surface area contributed by atoms with Crippen LogP contribution in [0.2, 0.25) is 0 Å². The summed E-state index contributed by atoms with van der Waals surface area (Å²) in [6, 6.07) is 1.24. The summed E-state index contributed by atoms with van der Waals surface area (Å²) in [5, 5.41) is 2.64. The van der Waals surface area contributed by atoms with Gasteiger partial charge in [0.15, 0.2) is 5.82 Å². The molecule has 2 rings (SSSR count). The Kier molecular flexibility index (Phi) is 5.29. The number of carbonyl (C=O) groups excluding carboxylic acids is 1. The Balaban J connectivity index is 2.25. The molecule has 0 aromatic carbocycles. The van der Waals surface area contributed by atoms with E-state index in [1.807, 2.05) is 11.8 Å². The average molecular weight is 295 g/mol. The fourth-order valence-corrected chi connectivity index (χ4v) is 2.17. The number of rotatable bonds is 5. The van der Waals surface area contributed by atoms with Crippen LogP contribution in [0.15, 0.2) is 6.07 Å². The van der Waals surface area contributed by atoms with E-state index in [1.165, 1.54) is 0 Å². The maximum atomic E-state index is 12.0. The molecule has 1 aromatic rings. The van der Waals surface area contributed by atoms with Gasteiger partial charge < -0.3 is 25.4 Å². The lowest BCUT2D eigenvalue weighted by Crippen LogP contribution is -2.53. The van der Waals surface area contributed by atoms with Crippen LogP contribution in [0.5, 0.6) is 0 Å². The normalized spacial score (nSPS) is 18.6. The second-order valence-corrected chi connectivity index (χ2v) is 4.60. The summed E-state index contributed by atoms with van der Waals surface area (Å²) in [4.78, 5) is 22.4. The monoisotopic (exact) mass is 295 g/mol. The third-order valence-electron chi connectivity index (χ3n) is 3.19. The minimum Gasteiger partial charge on any atom is -0.384 e. The average Bonchev–Trinajstić information content (AvgIpc) is 2.51. The fraction of sp³-hybridized carbons (Fsp3) is 0.615. The molecule has 0 saturated carbocycles. The van der Waals surface area contributed by atoms with Gasteiger partial charge in [-0.2, -0.15) is 0 Å². The molecule has 1 unspecified atom stereocenters. The van der Waals surface area contributed by atoms with E-state index < -0.39 is 6.04 Å². The number of hydrogen-bond donors (Lipinski definition) is 2. The molecular weight excluding hydrogens is 274 g/mol. The lowest BCUT2D eigenvalue weighted by atomic mass is 10.2. The van der Waals surface area contributed by atoms with Gasteiger partial charge in [0, 0.05) is 26.3 Å². The molecule has 8 heteroatoms. The maximum absolute atomic E-state index is 12.0.